The fourth-order valence-electron chi connectivity index (χ4n) is 1.30. The molecule has 0 fully saturated rings. The monoisotopic (exact) mass is 232 g/mol. The highest BCUT2D eigenvalue weighted by Gasteiger charge is 2.07. The van der Waals surface area contributed by atoms with E-state index >= 15 is 0 Å². The molecule has 2 rings (SSSR count). The molecule has 1 aliphatic rings. The number of rotatable bonds is 2. The molecule has 1 aromatic rings. The third kappa shape index (κ3) is 3.45. The standard InChI is InChI=1S/C11H10N2O2.C2H6/c14-11(15)9-7-12-13(8-9)10-5-3-1-2-4-6-10;1-2/h1,3-8H,2H2,(H,14,15);1-2H3. The summed E-state index contributed by atoms with van der Waals surface area (Å²) in [6.07, 6.45) is 13.5. The molecular weight excluding hydrogens is 216 g/mol. The SMILES string of the molecule is CC.O=C(O)c1cnn(C2=CC=CCC=C2)c1. The van der Waals surface area contributed by atoms with Crippen molar-refractivity contribution in [2.45, 2.75) is 20.3 Å². The molecule has 0 unspecified atom stereocenters. The van der Waals surface area contributed by atoms with Gasteiger partial charge in [-0.1, -0.05) is 32.1 Å². The molecule has 0 atom stereocenters. The number of allylic oxidation sites excluding steroid dienone is 6. The summed E-state index contributed by atoms with van der Waals surface area (Å²) in [6, 6.07) is 0. The van der Waals surface area contributed by atoms with Crippen LogP contribution < -0.4 is 0 Å². The van der Waals surface area contributed by atoms with E-state index in [0.717, 1.165) is 12.1 Å². The van der Waals surface area contributed by atoms with E-state index in [0.29, 0.717) is 0 Å². The largest absolute Gasteiger partial charge is 0.478 e. The van der Waals surface area contributed by atoms with Crippen molar-refractivity contribution in [3.8, 4) is 0 Å². The second-order valence-corrected chi connectivity index (χ2v) is 3.14. The predicted molar refractivity (Wildman–Crippen MR) is 67.7 cm³/mol. The van der Waals surface area contributed by atoms with Gasteiger partial charge in [-0.3, -0.25) is 0 Å². The van der Waals surface area contributed by atoms with Gasteiger partial charge in [-0.05, 0) is 18.6 Å². The van der Waals surface area contributed by atoms with Gasteiger partial charge in [0.15, 0.2) is 0 Å². The lowest BCUT2D eigenvalue weighted by molar-refractivity contribution is 0.0697. The van der Waals surface area contributed by atoms with Gasteiger partial charge in [0.1, 0.15) is 0 Å². The number of carbonyl (C=O) groups is 1. The minimum Gasteiger partial charge on any atom is -0.478 e. The minimum atomic E-state index is -0.963. The van der Waals surface area contributed by atoms with Crippen LogP contribution in [0.5, 0.6) is 0 Å². The highest BCUT2D eigenvalue weighted by Crippen LogP contribution is 2.11. The van der Waals surface area contributed by atoms with E-state index in [1.165, 1.54) is 12.4 Å². The first-order valence-electron chi connectivity index (χ1n) is 5.59. The van der Waals surface area contributed by atoms with Crippen molar-refractivity contribution < 1.29 is 9.90 Å². The molecule has 0 aromatic carbocycles. The molecule has 0 spiro atoms. The van der Waals surface area contributed by atoms with Gasteiger partial charge in [0.25, 0.3) is 0 Å². The van der Waals surface area contributed by atoms with E-state index in [2.05, 4.69) is 5.10 Å². The molecule has 0 bridgehead atoms. The minimum absolute atomic E-state index is 0.192. The number of hydrogen-bond acceptors (Lipinski definition) is 2. The second kappa shape index (κ2) is 6.48. The van der Waals surface area contributed by atoms with Crippen LogP contribution in [0.4, 0.5) is 0 Å². The van der Waals surface area contributed by atoms with E-state index in [-0.39, 0.29) is 5.56 Å². The van der Waals surface area contributed by atoms with Crippen molar-refractivity contribution >= 4 is 11.7 Å². The van der Waals surface area contributed by atoms with Crippen LogP contribution in [0.2, 0.25) is 0 Å². The Hall–Kier alpha value is -2.10. The maximum Gasteiger partial charge on any atom is 0.338 e. The van der Waals surface area contributed by atoms with Gasteiger partial charge in [0.05, 0.1) is 17.5 Å². The Morgan fingerprint density at radius 2 is 2.18 bits per heavy atom. The van der Waals surface area contributed by atoms with Crippen molar-refractivity contribution in [2.75, 3.05) is 0 Å². The van der Waals surface area contributed by atoms with Crippen molar-refractivity contribution in [3.05, 3.63) is 48.3 Å². The third-order valence-electron chi connectivity index (χ3n) is 2.06. The van der Waals surface area contributed by atoms with Gasteiger partial charge >= 0.3 is 5.97 Å². The van der Waals surface area contributed by atoms with Crippen LogP contribution in [0.25, 0.3) is 5.70 Å². The fraction of sp³-hybridized carbons (Fsp3) is 0.231. The average Bonchev–Trinajstić information content (AvgIpc) is 2.69. The van der Waals surface area contributed by atoms with Crippen LogP contribution in [0.3, 0.4) is 0 Å². The summed E-state index contributed by atoms with van der Waals surface area (Å²) in [5.41, 5.74) is 1.05. The molecule has 1 aromatic heterocycles. The lowest BCUT2D eigenvalue weighted by Crippen LogP contribution is -1.96. The molecule has 0 aliphatic heterocycles. The maximum absolute atomic E-state index is 10.7. The van der Waals surface area contributed by atoms with E-state index < -0.39 is 5.97 Å². The molecule has 1 N–H and O–H groups in total. The van der Waals surface area contributed by atoms with Crippen LogP contribution in [-0.4, -0.2) is 20.9 Å². The Labute approximate surface area is 101 Å². The molecule has 4 heteroatoms. The first kappa shape index (κ1) is 13.0. The van der Waals surface area contributed by atoms with Crippen LogP contribution in [0.15, 0.2) is 42.8 Å². The van der Waals surface area contributed by atoms with Crippen molar-refractivity contribution in [2.24, 2.45) is 0 Å². The van der Waals surface area contributed by atoms with E-state index in [1.54, 1.807) is 4.68 Å². The Bertz CT molecular complexity index is 468. The van der Waals surface area contributed by atoms with Crippen LogP contribution in [0.1, 0.15) is 30.6 Å². The summed E-state index contributed by atoms with van der Waals surface area (Å²) >= 11 is 0. The van der Waals surface area contributed by atoms with E-state index in [4.69, 9.17) is 5.11 Å². The van der Waals surface area contributed by atoms with Crippen molar-refractivity contribution in [1.29, 1.82) is 0 Å². The van der Waals surface area contributed by atoms with Crippen molar-refractivity contribution in [3.63, 3.8) is 0 Å². The topological polar surface area (TPSA) is 55.1 Å². The van der Waals surface area contributed by atoms with Crippen molar-refractivity contribution in [1.82, 2.24) is 9.78 Å². The summed E-state index contributed by atoms with van der Waals surface area (Å²) in [5, 5.41) is 12.7. The second-order valence-electron chi connectivity index (χ2n) is 3.14. The summed E-state index contributed by atoms with van der Waals surface area (Å²) in [5.74, 6) is -0.963. The third-order valence-corrected chi connectivity index (χ3v) is 2.06. The number of aromatic carboxylic acids is 1. The Kier molecular flexibility index (Phi) is 4.94. The Balaban J connectivity index is 0.000000686. The number of nitrogens with zero attached hydrogens (tertiary/aromatic N) is 2. The van der Waals surface area contributed by atoms with Gasteiger partial charge in [-0.25, -0.2) is 9.48 Å². The molecule has 4 nitrogen and oxygen atoms in total. The number of carboxylic acid groups (broad SMARTS) is 1. The lowest BCUT2D eigenvalue weighted by Gasteiger charge is -1.99. The molecule has 90 valence electrons. The fourth-order valence-corrected chi connectivity index (χ4v) is 1.30. The zero-order chi connectivity index (χ0) is 12.7. The van der Waals surface area contributed by atoms with Gasteiger partial charge < -0.3 is 5.11 Å². The number of aromatic nitrogens is 2. The van der Waals surface area contributed by atoms with Gasteiger partial charge in [0, 0.05) is 6.20 Å². The normalized spacial score (nSPS) is 13.4. The summed E-state index contributed by atoms with van der Waals surface area (Å²) in [6.45, 7) is 4.00. The zero-order valence-electron chi connectivity index (χ0n) is 10.00. The number of hydrogen-bond donors (Lipinski definition) is 1. The Morgan fingerprint density at radius 3 is 2.82 bits per heavy atom. The Morgan fingerprint density at radius 1 is 1.41 bits per heavy atom. The maximum atomic E-state index is 10.7. The average molecular weight is 232 g/mol. The predicted octanol–water partition coefficient (Wildman–Crippen LogP) is 2.96. The molecule has 17 heavy (non-hydrogen) atoms. The molecule has 1 heterocycles. The summed E-state index contributed by atoms with van der Waals surface area (Å²) in [7, 11) is 0. The zero-order valence-corrected chi connectivity index (χ0v) is 10.00. The van der Waals surface area contributed by atoms with Crippen LogP contribution in [-0.2, 0) is 0 Å². The molecule has 1 aliphatic carbocycles. The number of carboxylic acids is 1. The van der Waals surface area contributed by atoms with Gasteiger partial charge in [0.2, 0.25) is 0 Å². The molecule has 0 saturated heterocycles. The molecule has 0 saturated carbocycles. The quantitative estimate of drug-likeness (QED) is 0.852. The molecule has 0 amide bonds. The first-order valence-corrected chi connectivity index (χ1v) is 5.59. The highest BCUT2D eigenvalue weighted by atomic mass is 16.4. The van der Waals surface area contributed by atoms with Gasteiger partial charge in [-0.2, -0.15) is 5.10 Å². The van der Waals surface area contributed by atoms with Gasteiger partial charge in [-0.15, -0.1) is 0 Å². The molecule has 0 radical (unpaired) electrons. The first-order chi connectivity index (χ1) is 8.27. The molecular formula is C13H16N2O2. The smallest absolute Gasteiger partial charge is 0.338 e. The van der Waals surface area contributed by atoms with Crippen LogP contribution >= 0.6 is 0 Å². The highest BCUT2D eigenvalue weighted by molar-refractivity contribution is 5.87. The summed E-state index contributed by atoms with van der Waals surface area (Å²) < 4.78 is 1.55. The van der Waals surface area contributed by atoms with Crippen LogP contribution in [0, 0.1) is 0 Å². The summed E-state index contributed by atoms with van der Waals surface area (Å²) in [4.78, 5) is 10.7. The van der Waals surface area contributed by atoms with E-state index in [9.17, 15) is 4.79 Å². The van der Waals surface area contributed by atoms with E-state index in [1.807, 2.05) is 44.2 Å². The lowest BCUT2D eigenvalue weighted by atomic mass is 10.3.